The number of imide groups is 2. The van der Waals surface area contributed by atoms with Crippen LogP contribution >= 0.6 is 55.1 Å². The highest BCUT2D eigenvalue weighted by Crippen LogP contribution is 2.37. The van der Waals surface area contributed by atoms with Gasteiger partial charge in [-0.05, 0) is 86.0 Å². The van der Waals surface area contributed by atoms with Crippen molar-refractivity contribution in [2.45, 2.75) is 4.90 Å². The van der Waals surface area contributed by atoms with Crippen molar-refractivity contribution >= 4 is 94.8 Å². The second-order valence-electron chi connectivity index (χ2n) is 7.22. The summed E-state index contributed by atoms with van der Waals surface area (Å²) in [6, 6.07) is 13.7. The summed E-state index contributed by atoms with van der Waals surface area (Å²) < 4.78 is 31.0. The number of benzene rings is 3. The van der Waals surface area contributed by atoms with Gasteiger partial charge in [-0.25, -0.2) is 9.69 Å². The zero-order valence-corrected chi connectivity index (χ0v) is 23.2. The molecule has 36 heavy (non-hydrogen) atoms. The average molecular weight is 675 g/mol. The molecule has 0 bridgehead atoms. The van der Waals surface area contributed by atoms with E-state index in [0.29, 0.717) is 5.56 Å². The lowest BCUT2D eigenvalue weighted by Gasteiger charge is -2.26. The highest BCUT2D eigenvalue weighted by Gasteiger charge is 2.37. The van der Waals surface area contributed by atoms with Crippen LogP contribution < -0.4 is 14.4 Å². The van der Waals surface area contributed by atoms with Crippen molar-refractivity contribution in [2.75, 3.05) is 4.90 Å². The first-order chi connectivity index (χ1) is 17.0. The van der Waals surface area contributed by atoms with Crippen LogP contribution in [-0.2, 0) is 19.7 Å². The molecule has 1 aliphatic heterocycles. The van der Waals surface area contributed by atoms with E-state index in [1.54, 1.807) is 18.2 Å². The van der Waals surface area contributed by atoms with Gasteiger partial charge < -0.3 is 4.18 Å². The van der Waals surface area contributed by atoms with E-state index in [4.69, 9.17) is 27.4 Å². The summed E-state index contributed by atoms with van der Waals surface area (Å²) >= 11 is 18.5. The summed E-state index contributed by atoms with van der Waals surface area (Å²) in [6.07, 6.45) is 1.25. The molecular weight excluding hydrogens is 663 g/mol. The van der Waals surface area contributed by atoms with Gasteiger partial charge in [0.1, 0.15) is 10.5 Å². The first-order valence-electron chi connectivity index (χ1n) is 9.83. The summed E-state index contributed by atoms with van der Waals surface area (Å²) in [6.45, 7) is 0. The molecule has 1 aliphatic rings. The van der Waals surface area contributed by atoms with Crippen LogP contribution in [0.15, 0.2) is 80.1 Å². The fourth-order valence-electron chi connectivity index (χ4n) is 3.17. The molecule has 1 fully saturated rings. The number of urea groups is 1. The Morgan fingerprint density at radius 1 is 0.889 bits per heavy atom. The molecule has 8 nitrogen and oxygen atoms in total. The number of halogens is 4. The summed E-state index contributed by atoms with van der Waals surface area (Å²) in [5, 5.41) is 2.45. The van der Waals surface area contributed by atoms with Crippen molar-refractivity contribution in [2.24, 2.45) is 0 Å². The molecule has 0 aromatic heterocycles. The minimum absolute atomic E-state index is 0.0342. The SMILES string of the molecule is O=C1NC(=O)N(c2ccc(Cl)c(Cl)c2)C(=O)/C1=C/c1cc(Br)c(OS(=O)(=O)c2ccccc2)c(Br)c1. The molecule has 0 atom stereocenters. The quantitative estimate of drug-likeness (QED) is 0.204. The first kappa shape index (κ1) is 26.4. The number of anilines is 1. The maximum Gasteiger partial charge on any atom is 0.339 e. The fourth-order valence-corrected chi connectivity index (χ4v) is 6.05. The first-order valence-corrected chi connectivity index (χ1v) is 13.6. The molecule has 13 heteroatoms. The Morgan fingerprint density at radius 2 is 1.53 bits per heavy atom. The number of rotatable bonds is 5. The van der Waals surface area contributed by atoms with E-state index in [0.717, 1.165) is 4.90 Å². The zero-order valence-electron chi connectivity index (χ0n) is 17.7. The van der Waals surface area contributed by atoms with Crippen LogP contribution in [0.25, 0.3) is 6.08 Å². The monoisotopic (exact) mass is 672 g/mol. The molecule has 4 rings (SSSR count). The van der Waals surface area contributed by atoms with Gasteiger partial charge >= 0.3 is 16.1 Å². The lowest BCUT2D eigenvalue weighted by molar-refractivity contribution is -0.122. The Balaban J connectivity index is 1.68. The highest BCUT2D eigenvalue weighted by atomic mass is 79.9. The van der Waals surface area contributed by atoms with Crippen molar-refractivity contribution in [3.05, 3.63) is 90.8 Å². The maximum atomic E-state index is 13.1. The third kappa shape index (κ3) is 5.35. The molecule has 0 aliphatic carbocycles. The lowest BCUT2D eigenvalue weighted by atomic mass is 10.1. The van der Waals surface area contributed by atoms with E-state index < -0.39 is 28.0 Å². The number of carbonyl (C=O) groups excluding carboxylic acids is 3. The predicted octanol–water partition coefficient (Wildman–Crippen LogP) is 5.95. The molecular formula is C23H12Br2Cl2N2O6S. The van der Waals surface area contributed by atoms with Crippen LogP contribution in [0.3, 0.4) is 0 Å². The van der Waals surface area contributed by atoms with Crippen LogP contribution in [0.5, 0.6) is 5.75 Å². The number of nitrogens with zero attached hydrogens (tertiary/aromatic N) is 1. The molecule has 0 saturated carbocycles. The predicted molar refractivity (Wildman–Crippen MR) is 142 cm³/mol. The van der Waals surface area contributed by atoms with Crippen molar-refractivity contribution < 1.29 is 27.0 Å². The summed E-state index contributed by atoms with van der Waals surface area (Å²) in [5.74, 6) is -1.82. The number of carbonyl (C=O) groups is 3. The van der Waals surface area contributed by atoms with Gasteiger partial charge in [0, 0.05) is 0 Å². The lowest BCUT2D eigenvalue weighted by Crippen LogP contribution is -2.54. The van der Waals surface area contributed by atoms with Crippen molar-refractivity contribution in [3.8, 4) is 5.75 Å². The fraction of sp³-hybridized carbons (Fsp3) is 0. The van der Waals surface area contributed by atoms with Gasteiger partial charge in [-0.15, -0.1) is 0 Å². The summed E-state index contributed by atoms with van der Waals surface area (Å²) in [4.78, 5) is 38.7. The number of nitrogens with one attached hydrogen (secondary N) is 1. The van der Waals surface area contributed by atoms with Gasteiger partial charge in [-0.3, -0.25) is 14.9 Å². The van der Waals surface area contributed by atoms with Crippen molar-refractivity contribution in [3.63, 3.8) is 0 Å². The van der Waals surface area contributed by atoms with Crippen LogP contribution in [-0.4, -0.2) is 26.3 Å². The Morgan fingerprint density at radius 3 is 2.14 bits per heavy atom. The number of barbiturate groups is 1. The minimum Gasteiger partial charge on any atom is -0.377 e. The second-order valence-corrected chi connectivity index (χ2v) is 11.3. The van der Waals surface area contributed by atoms with E-state index >= 15 is 0 Å². The Kier molecular flexibility index (Phi) is 7.58. The molecule has 0 unspecified atom stereocenters. The molecule has 184 valence electrons. The Hall–Kier alpha value is -2.70. The molecule has 1 heterocycles. The largest absolute Gasteiger partial charge is 0.377 e. The molecule has 3 aromatic rings. The van der Waals surface area contributed by atoms with Gasteiger partial charge in [0.15, 0.2) is 5.75 Å². The third-order valence-electron chi connectivity index (χ3n) is 4.82. The summed E-state index contributed by atoms with van der Waals surface area (Å²) in [7, 11) is -4.12. The normalized spacial score (nSPS) is 15.3. The number of amides is 4. The second kappa shape index (κ2) is 10.3. The van der Waals surface area contributed by atoms with E-state index in [1.165, 1.54) is 48.5 Å². The summed E-state index contributed by atoms with van der Waals surface area (Å²) in [5.41, 5.74) is 0.104. The molecule has 1 saturated heterocycles. The number of hydrogen-bond acceptors (Lipinski definition) is 6. The smallest absolute Gasteiger partial charge is 0.339 e. The molecule has 0 spiro atoms. The Labute approximate surface area is 232 Å². The van der Waals surface area contributed by atoms with Gasteiger partial charge in [-0.1, -0.05) is 41.4 Å². The van der Waals surface area contributed by atoms with Gasteiger partial charge in [0.25, 0.3) is 11.8 Å². The molecule has 3 aromatic carbocycles. The molecule has 4 amide bonds. The molecule has 0 radical (unpaired) electrons. The van der Waals surface area contributed by atoms with E-state index in [1.807, 2.05) is 0 Å². The zero-order chi connectivity index (χ0) is 26.2. The third-order valence-corrected chi connectivity index (χ3v) is 7.97. The van der Waals surface area contributed by atoms with Gasteiger partial charge in [0.05, 0.1) is 24.7 Å². The van der Waals surface area contributed by atoms with Crippen LogP contribution in [0.1, 0.15) is 5.56 Å². The van der Waals surface area contributed by atoms with Gasteiger partial charge in [0.2, 0.25) is 0 Å². The Bertz CT molecular complexity index is 1540. The van der Waals surface area contributed by atoms with Crippen molar-refractivity contribution in [1.82, 2.24) is 5.32 Å². The van der Waals surface area contributed by atoms with E-state index in [-0.39, 0.29) is 40.9 Å². The van der Waals surface area contributed by atoms with Crippen molar-refractivity contribution in [1.29, 1.82) is 0 Å². The van der Waals surface area contributed by atoms with E-state index in [9.17, 15) is 22.8 Å². The van der Waals surface area contributed by atoms with E-state index in [2.05, 4.69) is 37.2 Å². The average Bonchev–Trinajstić information content (AvgIpc) is 2.82. The van der Waals surface area contributed by atoms with Crippen LogP contribution in [0.4, 0.5) is 10.5 Å². The van der Waals surface area contributed by atoms with Crippen LogP contribution in [0, 0.1) is 0 Å². The van der Waals surface area contributed by atoms with Gasteiger partial charge in [-0.2, -0.15) is 8.42 Å². The highest BCUT2D eigenvalue weighted by molar-refractivity contribution is 9.11. The van der Waals surface area contributed by atoms with Crippen LogP contribution in [0.2, 0.25) is 10.0 Å². The topological polar surface area (TPSA) is 110 Å². The minimum atomic E-state index is -4.12. The maximum absolute atomic E-state index is 13.1. The standard InChI is InChI=1S/C23H12Br2Cl2N2O6S/c24-16-9-12(10-17(25)20(16)35-36(33,34)14-4-2-1-3-5-14)8-15-21(30)28-23(32)29(22(15)31)13-6-7-18(26)19(27)11-13/h1-11H,(H,28,30,32)/b15-8+. The molecule has 1 N–H and O–H groups in total. The number of hydrogen-bond donors (Lipinski definition) is 1.